The molecule has 0 aliphatic carbocycles. The van der Waals surface area contributed by atoms with Crippen molar-refractivity contribution in [2.75, 3.05) is 33.5 Å². The van der Waals surface area contributed by atoms with E-state index in [2.05, 4.69) is 29.7 Å². The Labute approximate surface area is 126 Å². The van der Waals surface area contributed by atoms with E-state index in [0.29, 0.717) is 12.5 Å². The summed E-state index contributed by atoms with van der Waals surface area (Å²) in [6.45, 7) is 5.60. The molecule has 1 fully saturated rings. The predicted molar refractivity (Wildman–Crippen MR) is 82.3 cm³/mol. The second-order valence-electron chi connectivity index (χ2n) is 5.20. The number of rotatable bonds is 4. The number of methoxy groups -OCH3 is 1. The van der Waals surface area contributed by atoms with Crippen molar-refractivity contribution in [1.29, 1.82) is 0 Å². The number of hydrogen-bond acceptors (Lipinski definition) is 4. The summed E-state index contributed by atoms with van der Waals surface area (Å²) >= 11 is 0. The lowest BCUT2D eigenvalue weighted by molar-refractivity contribution is -0.00464. The van der Waals surface area contributed by atoms with E-state index >= 15 is 0 Å². The van der Waals surface area contributed by atoms with E-state index in [1.807, 2.05) is 12.1 Å². The van der Waals surface area contributed by atoms with E-state index in [1.54, 1.807) is 7.11 Å². The highest BCUT2D eigenvalue weighted by molar-refractivity contribution is 5.44. The first-order valence-electron chi connectivity index (χ1n) is 7.33. The Morgan fingerprint density at radius 2 is 2.33 bits per heavy atom. The molecule has 1 atom stereocenters. The molecule has 4 nitrogen and oxygen atoms in total. The maximum atomic E-state index is 8.79. The maximum absolute atomic E-state index is 8.79. The zero-order valence-corrected chi connectivity index (χ0v) is 12.8. The van der Waals surface area contributed by atoms with Crippen molar-refractivity contribution in [2.24, 2.45) is 0 Å². The molecule has 0 aromatic heterocycles. The third-order valence-electron chi connectivity index (χ3n) is 3.63. The van der Waals surface area contributed by atoms with Crippen molar-refractivity contribution in [3.05, 3.63) is 29.3 Å². The molecule has 1 aromatic rings. The predicted octanol–water partition coefficient (Wildman–Crippen LogP) is 1.65. The van der Waals surface area contributed by atoms with Crippen molar-refractivity contribution in [1.82, 2.24) is 4.90 Å². The summed E-state index contributed by atoms with van der Waals surface area (Å²) in [6, 6.07) is 6.40. The summed E-state index contributed by atoms with van der Waals surface area (Å²) in [6.07, 6.45) is 0.502. The molecule has 21 heavy (non-hydrogen) atoms. The van der Waals surface area contributed by atoms with Gasteiger partial charge in [-0.15, -0.1) is 0 Å². The number of nitrogens with zero attached hydrogens (tertiary/aromatic N) is 1. The van der Waals surface area contributed by atoms with Gasteiger partial charge in [0.2, 0.25) is 0 Å². The van der Waals surface area contributed by atoms with Crippen molar-refractivity contribution >= 4 is 0 Å². The van der Waals surface area contributed by atoms with Gasteiger partial charge in [-0.1, -0.05) is 11.8 Å². The van der Waals surface area contributed by atoms with Crippen LogP contribution in [0.25, 0.3) is 0 Å². The Morgan fingerprint density at radius 3 is 3.05 bits per heavy atom. The van der Waals surface area contributed by atoms with Crippen LogP contribution in [0.4, 0.5) is 0 Å². The van der Waals surface area contributed by atoms with Gasteiger partial charge in [0, 0.05) is 36.7 Å². The van der Waals surface area contributed by atoms with E-state index in [1.165, 1.54) is 0 Å². The molecular weight excluding hydrogens is 266 g/mol. The molecule has 1 heterocycles. The average Bonchev–Trinajstić information content (AvgIpc) is 2.50. The minimum absolute atomic E-state index is 0.0985. The van der Waals surface area contributed by atoms with Crippen molar-refractivity contribution in [3.8, 4) is 17.6 Å². The summed E-state index contributed by atoms with van der Waals surface area (Å²) < 4.78 is 10.9. The lowest BCUT2D eigenvalue weighted by Gasteiger charge is -2.33. The summed E-state index contributed by atoms with van der Waals surface area (Å²) in [4.78, 5) is 2.40. The van der Waals surface area contributed by atoms with Crippen LogP contribution in [0, 0.1) is 11.8 Å². The highest BCUT2D eigenvalue weighted by Gasteiger charge is 2.20. The maximum Gasteiger partial charge on any atom is 0.123 e. The Morgan fingerprint density at radius 1 is 1.48 bits per heavy atom. The van der Waals surface area contributed by atoms with Gasteiger partial charge >= 0.3 is 0 Å². The van der Waals surface area contributed by atoms with Gasteiger partial charge in [0.15, 0.2) is 0 Å². The minimum Gasteiger partial charge on any atom is -0.496 e. The van der Waals surface area contributed by atoms with E-state index in [4.69, 9.17) is 14.6 Å². The van der Waals surface area contributed by atoms with Crippen molar-refractivity contribution in [3.63, 3.8) is 0 Å². The number of aliphatic hydroxyl groups excluding tert-OH is 1. The number of aliphatic hydroxyl groups is 1. The average molecular weight is 289 g/mol. The van der Waals surface area contributed by atoms with E-state index in [9.17, 15) is 0 Å². The van der Waals surface area contributed by atoms with Crippen molar-refractivity contribution in [2.45, 2.75) is 25.9 Å². The third-order valence-corrected chi connectivity index (χ3v) is 3.63. The highest BCUT2D eigenvalue weighted by Crippen LogP contribution is 2.23. The molecule has 1 unspecified atom stereocenters. The first-order chi connectivity index (χ1) is 10.2. The second-order valence-corrected chi connectivity index (χ2v) is 5.20. The molecule has 0 saturated carbocycles. The zero-order chi connectivity index (χ0) is 15.1. The third kappa shape index (κ3) is 4.47. The van der Waals surface area contributed by atoms with Crippen LogP contribution >= 0.6 is 0 Å². The molecule has 2 rings (SSSR count). The van der Waals surface area contributed by atoms with Crippen LogP contribution in [0.5, 0.6) is 5.75 Å². The van der Waals surface area contributed by atoms with Crippen LogP contribution < -0.4 is 4.74 Å². The second kappa shape index (κ2) is 8.04. The summed E-state index contributed by atoms with van der Waals surface area (Å²) in [5, 5.41) is 8.79. The molecule has 0 spiro atoms. The van der Waals surface area contributed by atoms with Crippen molar-refractivity contribution < 1.29 is 14.6 Å². The van der Waals surface area contributed by atoms with Gasteiger partial charge in [-0.25, -0.2) is 0 Å². The summed E-state index contributed by atoms with van der Waals surface area (Å²) in [7, 11) is 1.69. The molecule has 1 N–H and O–H groups in total. The van der Waals surface area contributed by atoms with Gasteiger partial charge in [-0.3, -0.25) is 4.90 Å². The lowest BCUT2D eigenvalue weighted by atomic mass is 10.1. The fraction of sp³-hybridized carbons (Fsp3) is 0.529. The van der Waals surface area contributed by atoms with Crippen LogP contribution in [-0.2, 0) is 11.3 Å². The number of ether oxygens (including phenoxy) is 2. The zero-order valence-electron chi connectivity index (χ0n) is 12.8. The van der Waals surface area contributed by atoms with E-state index in [0.717, 1.165) is 43.2 Å². The topological polar surface area (TPSA) is 41.9 Å². The van der Waals surface area contributed by atoms with Gasteiger partial charge in [0.1, 0.15) is 5.75 Å². The first kappa shape index (κ1) is 15.8. The minimum atomic E-state index is 0.0985. The number of benzene rings is 1. The lowest BCUT2D eigenvalue weighted by Crippen LogP contribution is -2.42. The largest absolute Gasteiger partial charge is 0.496 e. The normalized spacial score (nSPS) is 18.9. The molecule has 0 amide bonds. The summed E-state index contributed by atoms with van der Waals surface area (Å²) in [5.74, 6) is 6.92. The molecule has 1 aliphatic heterocycles. The van der Waals surface area contributed by atoms with Crippen LogP contribution in [0.2, 0.25) is 0 Å². The molecule has 1 aromatic carbocycles. The number of morpholine rings is 1. The molecular formula is C17H23NO3. The first-order valence-corrected chi connectivity index (χ1v) is 7.33. The fourth-order valence-electron chi connectivity index (χ4n) is 2.42. The standard InChI is InChI=1S/C17H23NO3/c1-14-13-21-10-8-18(14)12-16-11-15(5-3-4-9-19)6-7-17(16)20-2/h6-7,11,14,19H,4,8-10,12-13H2,1-2H3. The van der Waals surface area contributed by atoms with Gasteiger partial charge < -0.3 is 14.6 Å². The van der Waals surface area contributed by atoms with Gasteiger partial charge in [0.05, 0.1) is 26.9 Å². The summed E-state index contributed by atoms with van der Waals surface area (Å²) in [5.41, 5.74) is 2.10. The van der Waals surface area contributed by atoms with Crippen LogP contribution in [0.15, 0.2) is 18.2 Å². The van der Waals surface area contributed by atoms with E-state index in [-0.39, 0.29) is 6.61 Å². The van der Waals surface area contributed by atoms with Gasteiger partial charge in [-0.05, 0) is 25.1 Å². The van der Waals surface area contributed by atoms with Crippen LogP contribution in [0.3, 0.4) is 0 Å². The van der Waals surface area contributed by atoms with Gasteiger partial charge in [-0.2, -0.15) is 0 Å². The Balaban J connectivity index is 2.15. The smallest absolute Gasteiger partial charge is 0.123 e. The van der Waals surface area contributed by atoms with Crippen LogP contribution in [-0.4, -0.2) is 49.5 Å². The highest BCUT2D eigenvalue weighted by atomic mass is 16.5. The Kier molecular flexibility index (Phi) is 6.06. The van der Waals surface area contributed by atoms with Crippen LogP contribution in [0.1, 0.15) is 24.5 Å². The molecule has 4 heteroatoms. The Hall–Kier alpha value is -1.54. The monoisotopic (exact) mass is 289 g/mol. The molecule has 1 saturated heterocycles. The molecule has 0 bridgehead atoms. The quantitative estimate of drug-likeness (QED) is 0.856. The van der Waals surface area contributed by atoms with Gasteiger partial charge in [0.25, 0.3) is 0 Å². The SMILES string of the molecule is COc1ccc(C#CCCO)cc1CN1CCOCC1C. The number of hydrogen-bond donors (Lipinski definition) is 1. The van der Waals surface area contributed by atoms with E-state index < -0.39 is 0 Å². The fourth-order valence-corrected chi connectivity index (χ4v) is 2.42. The molecule has 1 aliphatic rings. The Bertz CT molecular complexity index is 519. The molecule has 114 valence electrons. The molecule has 0 radical (unpaired) electrons.